The van der Waals surface area contributed by atoms with Crippen LogP contribution in [0.3, 0.4) is 0 Å². The maximum absolute atomic E-state index is 6.34. The topological polar surface area (TPSA) is 9.23 Å². The van der Waals surface area contributed by atoms with Gasteiger partial charge in [-0.25, -0.2) is 0 Å². The van der Waals surface area contributed by atoms with Crippen molar-refractivity contribution in [2.24, 2.45) is 0 Å². The molecule has 1 unspecified atom stereocenters. The van der Waals surface area contributed by atoms with Gasteiger partial charge in [0.1, 0.15) is 5.75 Å². The SMILES string of the molecule is COc1ccc(Br)cc1C(Br)c1cccc(Br)c1Cl. The molecular weight excluding hydrogens is 459 g/mol. The van der Waals surface area contributed by atoms with E-state index < -0.39 is 0 Å². The summed E-state index contributed by atoms with van der Waals surface area (Å²) in [6.07, 6.45) is 0. The molecular formula is C14H10Br3ClO. The van der Waals surface area contributed by atoms with Crippen molar-refractivity contribution in [1.82, 2.24) is 0 Å². The van der Waals surface area contributed by atoms with Gasteiger partial charge in [-0.05, 0) is 45.8 Å². The van der Waals surface area contributed by atoms with Crippen LogP contribution in [0.4, 0.5) is 0 Å². The summed E-state index contributed by atoms with van der Waals surface area (Å²) in [5, 5.41) is 0.700. The predicted molar refractivity (Wildman–Crippen MR) is 90.6 cm³/mol. The molecule has 0 N–H and O–H groups in total. The van der Waals surface area contributed by atoms with Gasteiger partial charge in [0.2, 0.25) is 0 Å². The first-order valence-electron chi connectivity index (χ1n) is 5.46. The number of benzene rings is 2. The van der Waals surface area contributed by atoms with Crippen molar-refractivity contribution in [1.29, 1.82) is 0 Å². The molecule has 19 heavy (non-hydrogen) atoms. The molecule has 0 heterocycles. The van der Waals surface area contributed by atoms with E-state index in [0.29, 0.717) is 5.02 Å². The maximum Gasteiger partial charge on any atom is 0.123 e. The zero-order valence-corrected chi connectivity index (χ0v) is 15.5. The highest BCUT2D eigenvalue weighted by molar-refractivity contribution is 9.11. The lowest BCUT2D eigenvalue weighted by atomic mass is 10.0. The minimum atomic E-state index is -0.0371. The van der Waals surface area contributed by atoms with Gasteiger partial charge in [-0.2, -0.15) is 0 Å². The molecule has 2 aromatic carbocycles. The number of hydrogen-bond acceptors (Lipinski definition) is 1. The first kappa shape index (κ1) is 15.4. The highest BCUT2D eigenvalue weighted by Crippen LogP contribution is 2.42. The van der Waals surface area contributed by atoms with Crippen molar-refractivity contribution < 1.29 is 4.74 Å². The molecule has 0 bridgehead atoms. The van der Waals surface area contributed by atoms with Gasteiger partial charge in [-0.15, -0.1) is 0 Å². The van der Waals surface area contributed by atoms with Crippen LogP contribution in [0.25, 0.3) is 0 Å². The lowest BCUT2D eigenvalue weighted by molar-refractivity contribution is 0.410. The minimum Gasteiger partial charge on any atom is -0.496 e. The van der Waals surface area contributed by atoms with Crippen LogP contribution < -0.4 is 4.74 Å². The number of ether oxygens (including phenoxy) is 1. The Balaban J connectivity index is 2.52. The third-order valence-corrected chi connectivity index (χ3v) is 5.51. The van der Waals surface area contributed by atoms with Gasteiger partial charge in [0.15, 0.2) is 0 Å². The zero-order valence-electron chi connectivity index (χ0n) is 9.96. The molecule has 5 heteroatoms. The Kier molecular flexibility index (Phi) is 5.35. The molecule has 0 aliphatic heterocycles. The van der Waals surface area contributed by atoms with Crippen molar-refractivity contribution in [3.8, 4) is 5.75 Å². The zero-order chi connectivity index (χ0) is 14.0. The van der Waals surface area contributed by atoms with E-state index >= 15 is 0 Å². The molecule has 1 nitrogen and oxygen atoms in total. The molecule has 100 valence electrons. The Morgan fingerprint density at radius 1 is 1.11 bits per heavy atom. The highest BCUT2D eigenvalue weighted by Gasteiger charge is 2.19. The monoisotopic (exact) mass is 466 g/mol. The van der Waals surface area contributed by atoms with E-state index in [9.17, 15) is 0 Å². The third-order valence-electron chi connectivity index (χ3n) is 2.72. The summed E-state index contributed by atoms with van der Waals surface area (Å²) in [6, 6.07) is 11.8. The molecule has 2 rings (SSSR count). The summed E-state index contributed by atoms with van der Waals surface area (Å²) in [7, 11) is 1.66. The smallest absolute Gasteiger partial charge is 0.123 e. The Hall–Kier alpha value is -0.0300. The lowest BCUT2D eigenvalue weighted by Crippen LogP contribution is -1.98. The average Bonchev–Trinajstić information content (AvgIpc) is 2.41. The maximum atomic E-state index is 6.34. The molecule has 0 aromatic heterocycles. The molecule has 0 spiro atoms. The van der Waals surface area contributed by atoms with Gasteiger partial charge in [-0.3, -0.25) is 0 Å². The Labute approximate surface area is 142 Å². The molecule has 0 aliphatic carbocycles. The third kappa shape index (κ3) is 3.35. The van der Waals surface area contributed by atoms with Gasteiger partial charge in [0, 0.05) is 14.5 Å². The fourth-order valence-electron chi connectivity index (χ4n) is 1.79. The van der Waals surface area contributed by atoms with Crippen LogP contribution in [0.5, 0.6) is 5.75 Å². The fraction of sp³-hybridized carbons (Fsp3) is 0.143. The summed E-state index contributed by atoms with van der Waals surface area (Å²) in [5.41, 5.74) is 2.02. The standard InChI is InChI=1S/C14H10Br3ClO/c1-19-12-6-5-8(15)7-10(12)13(17)9-3-2-4-11(16)14(9)18/h2-7,13H,1H3. The summed E-state index contributed by atoms with van der Waals surface area (Å²) in [5.74, 6) is 0.820. The second kappa shape index (κ2) is 6.61. The molecule has 1 atom stereocenters. The first-order valence-corrected chi connectivity index (χ1v) is 8.34. The minimum absolute atomic E-state index is 0.0371. The van der Waals surface area contributed by atoms with Crippen LogP contribution >= 0.6 is 59.4 Å². The molecule has 0 saturated carbocycles. The number of rotatable bonds is 3. The van der Waals surface area contributed by atoms with Crippen LogP contribution in [-0.2, 0) is 0 Å². The Morgan fingerprint density at radius 2 is 1.84 bits per heavy atom. The van der Waals surface area contributed by atoms with E-state index in [4.69, 9.17) is 16.3 Å². The van der Waals surface area contributed by atoms with Crippen LogP contribution in [0.1, 0.15) is 16.0 Å². The van der Waals surface area contributed by atoms with Crippen LogP contribution in [0, 0.1) is 0 Å². The van der Waals surface area contributed by atoms with Crippen molar-refractivity contribution in [3.05, 3.63) is 61.5 Å². The number of hydrogen-bond donors (Lipinski definition) is 0. The average molecular weight is 469 g/mol. The normalized spacial score (nSPS) is 12.3. The summed E-state index contributed by atoms with van der Waals surface area (Å²) >= 11 is 17.0. The molecule has 0 saturated heterocycles. The van der Waals surface area contributed by atoms with E-state index in [2.05, 4.69) is 47.8 Å². The first-order chi connectivity index (χ1) is 9.04. The highest BCUT2D eigenvalue weighted by atomic mass is 79.9. The van der Waals surface area contributed by atoms with E-state index in [-0.39, 0.29) is 4.83 Å². The second-order valence-electron chi connectivity index (χ2n) is 3.89. The quantitative estimate of drug-likeness (QED) is 0.476. The summed E-state index contributed by atoms with van der Waals surface area (Å²) < 4.78 is 7.29. The van der Waals surface area contributed by atoms with Gasteiger partial charge in [0.05, 0.1) is 17.0 Å². The Morgan fingerprint density at radius 3 is 2.53 bits per heavy atom. The molecule has 2 aromatic rings. The number of halogens is 4. The molecule has 0 amide bonds. The van der Waals surface area contributed by atoms with Crippen molar-refractivity contribution in [3.63, 3.8) is 0 Å². The van der Waals surface area contributed by atoms with Crippen molar-refractivity contribution in [2.45, 2.75) is 4.83 Å². The largest absolute Gasteiger partial charge is 0.496 e. The van der Waals surface area contributed by atoms with E-state index in [1.165, 1.54) is 0 Å². The molecule has 0 fully saturated rings. The van der Waals surface area contributed by atoms with Crippen LogP contribution in [-0.4, -0.2) is 7.11 Å². The fourth-order valence-corrected chi connectivity index (χ4v) is 3.65. The Bertz CT molecular complexity index is 601. The second-order valence-corrected chi connectivity index (χ2v) is 6.96. The number of alkyl halides is 1. The van der Waals surface area contributed by atoms with E-state index in [1.807, 2.05) is 36.4 Å². The van der Waals surface area contributed by atoms with Gasteiger partial charge < -0.3 is 4.74 Å². The van der Waals surface area contributed by atoms with Crippen LogP contribution in [0.15, 0.2) is 45.3 Å². The van der Waals surface area contributed by atoms with Gasteiger partial charge in [0.25, 0.3) is 0 Å². The summed E-state index contributed by atoms with van der Waals surface area (Å²) in [4.78, 5) is -0.0371. The van der Waals surface area contributed by atoms with Gasteiger partial charge >= 0.3 is 0 Å². The lowest BCUT2D eigenvalue weighted by Gasteiger charge is -2.17. The molecule has 0 aliphatic rings. The van der Waals surface area contributed by atoms with Gasteiger partial charge in [-0.1, -0.05) is 55.6 Å². The van der Waals surface area contributed by atoms with E-state index in [0.717, 1.165) is 25.8 Å². The van der Waals surface area contributed by atoms with Crippen LogP contribution in [0.2, 0.25) is 5.02 Å². The molecule has 0 radical (unpaired) electrons. The van der Waals surface area contributed by atoms with Crippen molar-refractivity contribution in [2.75, 3.05) is 7.11 Å². The summed E-state index contributed by atoms with van der Waals surface area (Å²) in [6.45, 7) is 0. The predicted octanol–water partition coefficient (Wildman–Crippen LogP) is 6.36. The number of methoxy groups -OCH3 is 1. The van der Waals surface area contributed by atoms with Crippen molar-refractivity contribution >= 4 is 59.4 Å². The van der Waals surface area contributed by atoms with E-state index in [1.54, 1.807) is 7.11 Å².